The highest BCUT2D eigenvalue weighted by Gasteiger charge is 2.37. The molecule has 1 aromatic heterocycles. The molecule has 70 heavy (non-hydrogen) atoms. The largest absolute Gasteiger partial charge is 0.506 e. The maximum absolute atomic E-state index is 13.9. The van der Waals surface area contributed by atoms with Crippen LogP contribution in [0, 0.1) is 5.92 Å². The molecule has 0 spiro atoms. The molecule has 0 aliphatic carbocycles. The molecule has 360 valence electrons. The van der Waals surface area contributed by atoms with Gasteiger partial charge >= 0.3 is 6.09 Å². The Morgan fingerprint density at radius 2 is 1.46 bits per heavy atom. The number of aromatic amines is 1. The van der Waals surface area contributed by atoms with E-state index in [9.17, 15) is 24.6 Å². The van der Waals surface area contributed by atoms with Crippen molar-refractivity contribution < 1.29 is 34.0 Å². The number of aliphatic hydroxyl groups is 1. The Bertz CT molecular complexity index is 2890. The van der Waals surface area contributed by atoms with Gasteiger partial charge in [-0.15, -0.1) is 0 Å². The van der Waals surface area contributed by atoms with Crippen LogP contribution in [0.5, 0.6) is 11.5 Å². The van der Waals surface area contributed by atoms with Crippen LogP contribution in [0.4, 0.5) is 4.79 Å². The van der Waals surface area contributed by atoms with E-state index in [1.54, 1.807) is 17.0 Å². The number of hydrogen-bond donors (Lipinski definition) is 5. The first-order valence-electron chi connectivity index (χ1n) is 24.0. The lowest BCUT2D eigenvalue weighted by Crippen LogP contribution is -2.52. The number of nitrogens with zero attached hydrogens (tertiary/aromatic N) is 2. The summed E-state index contributed by atoms with van der Waals surface area (Å²) in [6.07, 6.45) is 0.759. The third-order valence-corrected chi connectivity index (χ3v) is 13.3. The van der Waals surface area contributed by atoms with Gasteiger partial charge in [-0.2, -0.15) is 0 Å². The number of hydrogen-bond acceptors (Lipinski definition) is 10. The van der Waals surface area contributed by atoms with E-state index in [0.717, 1.165) is 65.9 Å². The van der Waals surface area contributed by atoms with E-state index in [2.05, 4.69) is 20.5 Å². The molecule has 2 bridgehead atoms. The van der Waals surface area contributed by atoms with Crippen LogP contribution in [0.15, 0.2) is 163 Å². The average Bonchev–Trinajstić information content (AvgIpc) is 3.39. The van der Waals surface area contributed by atoms with E-state index >= 15 is 0 Å². The Hall–Kier alpha value is -7.29. The number of fused-ring (bicyclic) bond motifs is 4. The van der Waals surface area contributed by atoms with Crippen molar-refractivity contribution in [2.75, 3.05) is 39.3 Å². The Morgan fingerprint density at radius 1 is 0.757 bits per heavy atom. The maximum Gasteiger partial charge on any atom is 0.408 e. The summed E-state index contributed by atoms with van der Waals surface area (Å²) in [6, 6.07) is 48.8. The summed E-state index contributed by atoms with van der Waals surface area (Å²) in [4.78, 5) is 45.9. The van der Waals surface area contributed by atoms with Gasteiger partial charge in [0, 0.05) is 49.7 Å². The fraction of sp³-hybridized carbons (Fsp3) is 0.281. The zero-order chi connectivity index (χ0) is 48.2. The van der Waals surface area contributed by atoms with Crippen molar-refractivity contribution in [3.05, 3.63) is 213 Å². The summed E-state index contributed by atoms with van der Waals surface area (Å²) in [7, 11) is 0. The second kappa shape index (κ2) is 22.9. The molecule has 3 aliphatic heterocycles. The van der Waals surface area contributed by atoms with Crippen LogP contribution in [-0.4, -0.2) is 82.4 Å². The molecule has 0 saturated carbocycles. The molecule has 6 aromatic carbocycles. The maximum atomic E-state index is 13.9. The Morgan fingerprint density at radius 3 is 2.19 bits per heavy atom. The number of carbonyl (C=O) groups is 2. The highest BCUT2D eigenvalue weighted by molar-refractivity contribution is 5.94. The molecular weight excluding hydrogens is 883 g/mol. The molecule has 3 saturated heterocycles. The van der Waals surface area contributed by atoms with Gasteiger partial charge in [0.25, 0.3) is 5.91 Å². The van der Waals surface area contributed by atoms with Crippen LogP contribution < -0.4 is 20.9 Å². The predicted octanol–water partition coefficient (Wildman–Crippen LogP) is 8.40. The van der Waals surface area contributed by atoms with E-state index in [1.165, 1.54) is 12.1 Å². The van der Waals surface area contributed by atoms with Gasteiger partial charge in [0.15, 0.2) is 0 Å². The second-order valence-corrected chi connectivity index (χ2v) is 18.1. The van der Waals surface area contributed by atoms with Crippen LogP contribution in [-0.2, 0) is 35.8 Å². The molecule has 0 radical (unpaired) electrons. The number of aromatic nitrogens is 1. The van der Waals surface area contributed by atoms with E-state index in [0.29, 0.717) is 67.6 Å². The highest BCUT2D eigenvalue weighted by Crippen LogP contribution is 2.32. The molecule has 13 heteroatoms. The standard InChI is InChI=1S/C57H59N5O8/c63-50-24-22-48(49-23-25-53(65)59-55(49)50)51(64)34-58-33-39-18-20-45(21-19-39)56(66)62(35-40-8-3-1-4-9-40)30-31-68-37-41-14-16-42(17-15-41)38-69-47-13-7-12-46(32-47)54(44-10-5-2-6-11-44)60-57(67)70-52-36-61-28-26-43(52)27-29-61/h1-25,32,43,51-52,54,58,63-64H,26-31,33-38H2,(H,59,65)(H,60,67). The number of aromatic hydroxyl groups is 1. The van der Waals surface area contributed by atoms with Gasteiger partial charge in [-0.1, -0.05) is 115 Å². The topological polar surface area (TPSA) is 166 Å². The van der Waals surface area contributed by atoms with Gasteiger partial charge in [-0.05, 0) is 107 Å². The van der Waals surface area contributed by atoms with Crippen molar-refractivity contribution in [2.45, 2.75) is 57.4 Å². The van der Waals surface area contributed by atoms with Gasteiger partial charge < -0.3 is 44.9 Å². The first-order chi connectivity index (χ1) is 34.2. The molecular formula is C57H59N5O8. The zero-order valence-electron chi connectivity index (χ0n) is 39.0. The summed E-state index contributed by atoms with van der Waals surface area (Å²) in [5, 5.41) is 28.2. The van der Waals surface area contributed by atoms with Crippen LogP contribution in [0.2, 0.25) is 0 Å². The lowest BCUT2D eigenvalue weighted by molar-refractivity contribution is -0.0336. The average molecular weight is 942 g/mol. The Kier molecular flexibility index (Phi) is 15.6. The monoisotopic (exact) mass is 941 g/mol. The first kappa shape index (κ1) is 47.8. The van der Waals surface area contributed by atoms with E-state index in [4.69, 9.17) is 14.2 Å². The lowest BCUT2D eigenvalue weighted by Gasteiger charge is -2.43. The van der Waals surface area contributed by atoms with Crippen molar-refractivity contribution in [3.63, 3.8) is 0 Å². The SMILES string of the molecule is O=C(NC(c1ccccc1)c1cccc(OCc2ccc(COCCN(Cc3ccccc3)C(=O)c3ccc(CNCC(O)c4ccc(O)c5[nH]c(=O)ccc45)cc3)cc2)c1)OC1CN2CCC1CC2. The summed E-state index contributed by atoms with van der Waals surface area (Å²) < 4.78 is 18.4. The van der Waals surface area contributed by atoms with Gasteiger partial charge in [0.05, 0.1) is 30.9 Å². The number of H-pyrrole nitrogens is 1. The number of carbonyl (C=O) groups excluding carboxylic acids is 2. The number of pyridine rings is 1. The zero-order valence-corrected chi connectivity index (χ0v) is 39.0. The van der Waals surface area contributed by atoms with Crippen LogP contribution >= 0.6 is 0 Å². The van der Waals surface area contributed by atoms with Gasteiger partial charge in [0.2, 0.25) is 5.56 Å². The minimum atomic E-state index is -0.887. The van der Waals surface area contributed by atoms with Gasteiger partial charge in [-0.25, -0.2) is 4.79 Å². The number of phenolic OH excluding ortho intramolecular Hbond substituents is 1. The van der Waals surface area contributed by atoms with Crippen LogP contribution in [0.25, 0.3) is 10.9 Å². The number of aliphatic hydroxyl groups excluding tert-OH is 1. The molecule has 7 aromatic rings. The molecule has 10 rings (SSSR count). The molecule has 3 unspecified atom stereocenters. The fourth-order valence-corrected chi connectivity index (χ4v) is 9.40. The lowest BCUT2D eigenvalue weighted by atomic mass is 9.86. The molecule has 3 fully saturated rings. The van der Waals surface area contributed by atoms with Crippen molar-refractivity contribution in [2.24, 2.45) is 5.92 Å². The number of amides is 2. The first-order valence-corrected chi connectivity index (χ1v) is 24.0. The molecule has 3 atom stereocenters. The highest BCUT2D eigenvalue weighted by atomic mass is 16.6. The summed E-state index contributed by atoms with van der Waals surface area (Å²) in [5.74, 6) is 0.943. The number of benzene rings is 6. The summed E-state index contributed by atoms with van der Waals surface area (Å²) >= 11 is 0. The van der Waals surface area contributed by atoms with Crippen LogP contribution in [0.3, 0.4) is 0 Å². The molecule has 5 N–H and O–H groups in total. The van der Waals surface area contributed by atoms with Crippen molar-refractivity contribution in [3.8, 4) is 11.5 Å². The third kappa shape index (κ3) is 12.3. The van der Waals surface area contributed by atoms with Crippen molar-refractivity contribution >= 4 is 22.9 Å². The van der Waals surface area contributed by atoms with E-state index < -0.39 is 18.2 Å². The summed E-state index contributed by atoms with van der Waals surface area (Å²) in [6.45, 7) is 5.54. The quantitative estimate of drug-likeness (QED) is 0.0469. The smallest absolute Gasteiger partial charge is 0.408 e. The molecule has 13 nitrogen and oxygen atoms in total. The number of ether oxygens (including phenoxy) is 3. The van der Waals surface area contributed by atoms with Crippen LogP contribution in [0.1, 0.15) is 74.3 Å². The number of phenols is 1. The van der Waals surface area contributed by atoms with Gasteiger partial charge in [0.1, 0.15) is 24.2 Å². The van der Waals surface area contributed by atoms with E-state index in [1.807, 2.05) is 133 Å². The van der Waals surface area contributed by atoms with Crippen molar-refractivity contribution in [1.29, 1.82) is 0 Å². The number of alkyl carbamates (subject to hydrolysis) is 1. The molecule has 3 aliphatic rings. The number of piperidine rings is 3. The molecule has 4 heterocycles. The number of rotatable bonds is 20. The predicted molar refractivity (Wildman–Crippen MR) is 268 cm³/mol. The van der Waals surface area contributed by atoms with Crippen molar-refractivity contribution in [1.82, 2.24) is 25.4 Å². The molecule has 2 amide bonds. The normalized spacial score (nSPS) is 17.1. The Balaban J connectivity index is 0.751. The van der Waals surface area contributed by atoms with E-state index in [-0.39, 0.29) is 35.4 Å². The minimum Gasteiger partial charge on any atom is -0.506 e. The number of nitrogens with one attached hydrogen (secondary N) is 3. The fourth-order valence-electron chi connectivity index (χ4n) is 9.40. The third-order valence-electron chi connectivity index (χ3n) is 13.3. The summed E-state index contributed by atoms with van der Waals surface area (Å²) in [5.41, 5.74) is 6.88. The van der Waals surface area contributed by atoms with Gasteiger partial charge in [-0.3, -0.25) is 14.5 Å². The Labute approximate surface area is 407 Å². The minimum absolute atomic E-state index is 0.0607. The second-order valence-electron chi connectivity index (χ2n) is 18.1.